The second kappa shape index (κ2) is 8.78. The summed E-state index contributed by atoms with van der Waals surface area (Å²) in [6, 6.07) is -0.812. The Morgan fingerprint density at radius 1 is 1.05 bits per heavy atom. The summed E-state index contributed by atoms with van der Waals surface area (Å²) < 4.78 is 5.08. The van der Waals surface area contributed by atoms with Crippen molar-refractivity contribution in [3.63, 3.8) is 0 Å². The number of carbonyl (C=O) groups excluding carboxylic acids is 3. The molecule has 4 amide bonds. The lowest BCUT2D eigenvalue weighted by Gasteiger charge is -2.19. The van der Waals surface area contributed by atoms with Crippen LogP contribution in [0, 0.1) is 0 Å². The van der Waals surface area contributed by atoms with Gasteiger partial charge in [0, 0.05) is 19.7 Å². The van der Waals surface area contributed by atoms with Gasteiger partial charge in [-0.2, -0.15) is 0 Å². The molecule has 0 heterocycles. The van der Waals surface area contributed by atoms with Crippen LogP contribution in [0.5, 0.6) is 0 Å². The van der Waals surface area contributed by atoms with Crippen LogP contribution in [-0.4, -0.2) is 51.3 Å². The largest absolute Gasteiger partial charge is 0.455 e. The fraction of sp³-hybridized carbons (Fsp3) is 0.545. The third kappa shape index (κ3) is 7.63. The van der Waals surface area contributed by atoms with Gasteiger partial charge in [-0.25, -0.2) is 14.4 Å². The summed E-state index contributed by atoms with van der Waals surface area (Å²) in [5.41, 5.74) is 0.241. The number of rotatable bonds is 6. The van der Waals surface area contributed by atoms with Crippen LogP contribution in [-0.2, 0) is 9.53 Å². The molecule has 0 aromatic rings. The van der Waals surface area contributed by atoms with Crippen LogP contribution in [0.4, 0.5) is 9.59 Å². The van der Waals surface area contributed by atoms with E-state index in [9.17, 15) is 14.4 Å². The summed E-state index contributed by atoms with van der Waals surface area (Å²) in [6.45, 7) is 5.11. The first-order valence-electron chi connectivity index (χ1n) is 5.68. The Labute approximate surface area is 111 Å². The minimum atomic E-state index is -0.682. The Balaban J connectivity index is 4.37. The predicted octanol–water partition coefficient (Wildman–Crippen LogP) is -0.668. The van der Waals surface area contributed by atoms with Crippen LogP contribution < -0.4 is 21.3 Å². The number of esters is 1. The molecule has 0 bridgehead atoms. The van der Waals surface area contributed by atoms with E-state index < -0.39 is 24.1 Å². The van der Waals surface area contributed by atoms with Gasteiger partial charge in [0.2, 0.25) is 0 Å². The van der Waals surface area contributed by atoms with Gasteiger partial charge in [0.1, 0.15) is 6.10 Å². The summed E-state index contributed by atoms with van der Waals surface area (Å²) in [4.78, 5) is 33.5. The van der Waals surface area contributed by atoms with E-state index in [1.165, 1.54) is 21.0 Å². The van der Waals surface area contributed by atoms with E-state index in [0.29, 0.717) is 0 Å². The van der Waals surface area contributed by atoms with Gasteiger partial charge in [0.05, 0.1) is 13.1 Å². The first-order chi connectivity index (χ1) is 8.90. The molecule has 0 aliphatic rings. The molecule has 8 nitrogen and oxygen atoms in total. The van der Waals surface area contributed by atoms with E-state index >= 15 is 0 Å². The van der Waals surface area contributed by atoms with Crippen LogP contribution in [0.15, 0.2) is 12.2 Å². The molecular weight excluding hydrogens is 252 g/mol. The average Bonchev–Trinajstić information content (AvgIpc) is 2.40. The van der Waals surface area contributed by atoms with Gasteiger partial charge in [-0.3, -0.25) is 0 Å². The van der Waals surface area contributed by atoms with Crippen molar-refractivity contribution in [2.24, 2.45) is 0 Å². The molecule has 0 aliphatic heterocycles. The van der Waals surface area contributed by atoms with E-state index in [1.807, 2.05) is 0 Å². The molecule has 0 aromatic heterocycles. The molecule has 0 saturated heterocycles. The lowest BCUT2D eigenvalue weighted by molar-refractivity contribution is -0.143. The van der Waals surface area contributed by atoms with E-state index in [1.54, 1.807) is 0 Å². The van der Waals surface area contributed by atoms with Crippen LogP contribution in [0.3, 0.4) is 0 Å². The van der Waals surface area contributed by atoms with Crippen LogP contribution in [0.1, 0.15) is 6.92 Å². The number of amides is 4. The molecular formula is C11H20N4O4. The van der Waals surface area contributed by atoms with Crippen molar-refractivity contribution in [3.8, 4) is 0 Å². The summed E-state index contributed by atoms with van der Waals surface area (Å²) in [6.07, 6.45) is -0.682. The van der Waals surface area contributed by atoms with E-state index in [-0.39, 0.29) is 18.7 Å². The third-order valence-corrected chi connectivity index (χ3v) is 2.06. The first-order valence-corrected chi connectivity index (χ1v) is 5.68. The molecule has 0 unspecified atom stereocenters. The Bertz CT molecular complexity index is 337. The van der Waals surface area contributed by atoms with Gasteiger partial charge in [0.15, 0.2) is 0 Å². The summed E-state index contributed by atoms with van der Waals surface area (Å²) in [5, 5.41) is 9.71. The van der Waals surface area contributed by atoms with Gasteiger partial charge in [-0.15, -0.1) is 0 Å². The Hall–Kier alpha value is -2.25. The van der Waals surface area contributed by atoms with Crippen molar-refractivity contribution in [2.75, 3.05) is 27.2 Å². The van der Waals surface area contributed by atoms with Crippen LogP contribution >= 0.6 is 0 Å². The Morgan fingerprint density at radius 3 is 1.79 bits per heavy atom. The fourth-order valence-corrected chi connectivity index (χ4v) is 0.997. The van der Waals surface area contributed by atoms with Gasteiger partial charge in [-0.1, -0.05) is 6.58 Å². The molecule has 0 aliphatic carbocycles. The molecule has 0 rings (SSSR count). The lowest BCUT2D eigenvalue weighted by Crippen LogP contribution is -2.46. The fourth-order valence-electron chi connectivity index (χ4n) is 0.997. The van der Waals surface area contributed by atoms with Crippen LogP contribution in [0.2, 0.25) is 0 Å². The van der Waals surface area contributed by atoms with Gasteiger partial charge in [-0.05, 0) is 6.92 Å². The van der Waals surface area contributed by atoms with E-state index in [4.69, 9.17) is 4.74 Å². The molecule has 4 N–H and O–H groups in total. The number of urea groups is 2. The van der Waals surface area contributed by atoms with E-state index in [2.05, 4.69) is 27.8 Å². The third-order valence-electron chi connectivity index (χ3n) is 2.06. The van der Waals surface area contributed by atoms with Crippen molar-refractivity contribution in [1.82, 2.24) is 21.3 Å². The zero-order valence-electron chi connectivity index (χ0n) is 11.3. The topological polar surface area (TPSA) is 109 Å². The molecule has 0 atom stereocenters. The molecule has 108 valence electrons. The van der Waals surface area contributed by atoms with Crippen LogP contribution in [0.25, 0.3) is 0 Å². The maximum atomic E-state index is 11.4. The molecule has 0 radical (unpaired) electrons. The molecule has 19 heavy (non-hydrogen) atoms. The van der Waals surface area contributed by atoms with Crippen molar-refractivity contribution in [2.45, 2.75) is 13.0 Å². The van der Waals surface area contributed by atoms with E-state index in [0.717, 1.165) is 0 Å². The predicted molar refractivity (Wildman–Crippen MR) is 69.6 cm³/mol. The Morgan fingerprint density at radius 2 is 1.47 bits per heavy atom. The molecule has 0 spiro atoms. The Kier molecular flexibility index (Phi) is 7.74. The second-order valence-corrected chi connectivity index (χ2v) is 3.73. The SMILES string of the molecule is C=C(C)C(=O)OC(CNC(=O)NC)CNC(=O)NC. The lowest BCUT2D eigenvalue weighted by atomic mass is 10.3. The van der Waals surface area contributed by atoms with Crippen molar-refractivity contribution >= 4 is 18.0 Å². The maximum Gasteiger partial charge on any atom is 0.333 e. The van der Waals surface area contributed by atoms with Crippen molar-refractivity contribution < 1.29 is 19.1 Å². The average molecular weight is 272 g/mol. The zero-order valence-corrected chi connectivity index (χ0v) is 11.3. The number of carbonyl (C=O) groups is 3. The second-order valence-electron chi connectivity index (χ2n) is 3.73. The summed E-state index contributed by atoms with van der Waals surface area (Å²) in [5.74, 6) is -0.581. The summed E-state index contributed by atoms with van der Waals surface area (Å²) in [7, 11) is 2.93. The first kappa shape index (κ1) is 16.8. The molecule has 0 fully saturated rings. The van der Waals surface area contributed by atoms with Gasteiger partial charge in [0.25, 0.3) is 0 Å². The highest BCUT2D eigenvalue weighted by Crippen LogP contribution is 1.97. The summed E-state index contributed by atoms with van der Waals surface area (Å²) >= 11 is 0. The number of ether oxygens (including phenoxy) is 1. The highest BCUT2D eigenvalue weighted by molar-refractivity contribution is 5.87. The normalized spacial score (nSPS) is 9.47. The standard InChI is InChI=1S/C11H20N4O4/c1-7(2)9(16)19-8(5-14-10(17)12-3)6-15-11(18)13-4/h8H,1,5-6H2,2-4H3,(H2,12,14,17)(H2,13,15,18). The highest BCUT2D eigenvalue weighted by atomic mass is 16.5. The smallest absolute Gasteiger partial charge is 0.333 e. The monoisotopic (exact) mass is 272 g/mol. The highest BCUT2D eigenvalue weighted by Gasteiger charge is 2.16. The maximum absolute atomic E-state index is 11.4. The zero-order chi connectivity index (χ0) is 14.8. The number of hydrogen-bond donors (Lipinski definition) is 4. The number of nitrogens with one attached hydrogen (secondary N) is 4. The molecule has 0 aromatic carbocycles. The minimum absolute atomic E-state index is 0.0721. The molecule has 0 saturated carbocycles. The quantitative estimate of drug-likeness (QED) is 0.380. The van der Waals surface area contributed by atoms with Crippen molar-refractivity contribution in [1.29, 1.82) is 0 Å². The van der Waals surface area contributed by atoms with Gasteiger partial charge >= 0.3 is 18.0 Å². The minimum Gasteiger partial charge on any atom is -0.455 e. The molecule has 8 heteroatoms. The van der Waals surface area contributed by atoms with Gasteiger partial charge < -0.3 is 26.0 Å². The number of hydrogen-bond acceptors (Lipinski definition) is 4. The van der Waals surface area contributed by atoms with Crippen molar-refractivity contribution in [3.05, 3.63) is 12.2 Å².